The number of aromatic nitrogens is 1. The van der Waals surface area contributed by atoms with Gasteiger partial charge in [-0.2, -0.15) is 4.31 Å². The molecule has 2 aromatic carbocycles. The van der Waals surface area contributed by atoms with Gasteiger partial charge in [0.15, 0.2) is 6.61 Å². The van der Waals surface area contributed by atoms with Crippen molar-refractivity contribution >= 4 is 50.1 Å². The van der Waals surface area contributed by atoms with E-state index >= 15 is 0 Å². The molecule has 1 aliphatic rings. The van der Waals surface area contributed by atoms with Crippen molar-refractivity contribution in [3.63, 3.8) is 0 Å². The van der Waals surface area contributed by atoms with E-state index in [2.05, 4.69) is 10.3 Å². The molecule has 1 saturated heterocycles. The van der Waals surface area contributed by atoms with Crippen LogP contribution in [0.25, 0.3) is 10.9 Å². The van der Waals surface area contributed by atoms with E-state index in [0.717, 1.165) is 31.2 Å². The molecular weight excluding hydrogens is 466 g/mol. The number of sulfonamides is 1. The summed E-state index contributed by atoms with van der Waals surface area (Å²) in [5.41, 5.74) is 1.24. The number of carbonyl (C=O) groups excluding carboxylic acids is 2. The van der Waals surface area contributed by atoms with Crippen molar-refractivity contribution in [3.05, 3.63) is 59.2 Å². The summed E-state index contributed by atoms with van der Waals surface area (Å²) < 4.78 is 32.7. The molecule has 0 saturated carbocycles. The first-order chi connectivity index (χ1) is 15.9. The van der Waals surface area contributed by atoms with Crippen LogP contribution in [0.1, 0.15) is 36.0 Å². The van der Waals surface area contributed by atoms with Crippen LogP contribution >= 0.6 is 11.6 Å². The maximum Gasteiger partial charge on any atom is 0.340 e. The van der Waals surface area contributed by atoms with Crippen LogP contribution in [0.15, 0.2) is 53.6 Å². The Morgan fingerprint density at radius 3 is 2.55 bits per heavy atom. The summed E-state index contributed by atoms with van der Waals surface area (Å²) in [6, 6.07) is 11.4. The van der Waals surface area contributed by atoms with Gasteiger partial charge in [-0.3, -0.25) is 4.79 Å². The summed E-state index contributed by atoms with van der Waals surface area (Å²) in [5, 5.41) is 3.41. The molecule has 33 heavy (non-hydrogen) atoms. The number of carbonyl (C=O) groups is 2. The summed E-state index contributed by atoms with van der Waals surface area (Å²) in [4.78, 5) is 27.8. The van der Waals surface area contributed by atoms with E-state index in [1.165, 1.54) is 28.7 Å². The van der Waals surface area contributed by atoms with Crippen LogP contribution in [-0.4, -0.2) is 49.3 Å². The summed E-state index contributed by atoms with van der Waals surface area (Å²) in [7, 11) is -3.70. The third kappa shape index (κ3) is 5.21. The van der Waals surface area contributed by atoms with Crippen molar-refractivity contribution < 1.29 is 22.7 Å². The highest BCUT2D eigenvalue weighted by Gasteiger charge is 2.26. The summed E-state index contributed by atoms with van der Waals surface area (Å²) in [6.45, 7) is 0.394. The SMILES string of the molecule is O=C(COC(=O)c1c[nH]c2ccccc12)Nc1cc(S(=O)(=O)N2CCCCCC2)ccc1Cl. The van der Waals surface area contributed by atoms with E-state index in [4.69, 9.17) is 16.3 Å². The Hall–Kier alpha value is -2.88. The van der Waals surface area contributed by atoms with Crippen LogP contribution in [0.5, 0.6) is 0 Å². The lowest BCUT2D eigenvalue weighted by molar-refractivity contribution is -0.119. The number of anilines is 1. The molecule has 10 heteroatoms. The van der Waals surface area contributed by atoms with Gasteiger partial charge >= 0.3 is 5.97 Å². The van der Waals surface area contributed by atoms with E-state index in [1.54, 1.807) is 12.1 Å². The molecule has 1 fully saturated rings. The monoisotopic (exact) mass is 489 g/mol. The van der Waals surface area contributed by atoms with Gasteiger partial charge in [0.25, 0.3) is 5.91 Å². The van der Waals surface area contributed by atoms with Gasteiger partial charge in [0, 0.05) is 30.2 Å². The number of rotatable bonds is 6. The van der Waals surface area contributed by atoms with Crippen LogP contribution in [0, 0.1) is 0 Å². The summed E-state index contributed by atoms with van der Waals surface area (Å²) >= 11 is 6.18. The van der Waals surface area contributed by atoms with Crippen LogP contribution < -0.4 is 5.32 Å². The summed E-state index contributed by atoms with van der Waals surface area (Å²) in [5.74, 6) is -1.28. The molecule has 1 amide bonds. The minimum absolute atomic E-state index is 0.0555. The number of fused-ring (bicyclic) bond motifs is 1. The third-order valence-electron chi connectivity index (χ3n) is 5.56. The lowest BCUT2D eigenvalue weighted by Crippen LogP contribution is -2.32. The molecular formula is C23H24ClN3O5S. The van der Waals surface area contributed by atoms with Crippen molar-refractivity contribution in [1.29, 1.82) is 0 Å². The van der Waals surface area contributed by atoms with Crippen molar-refractivity contribution in [3.8, 4) is 0 Å². The Morgan fingerprint density at radius 2 is 1.79 bits per heavy atom. The van der Waals surface area contributed by atoms with Gasteiger partial charge < -0.3 is 15.0 Å². The zero-order chi connectivity index (χ0) is 23.4. The van der Waals surface area contributed by atoms with Gasteiger partial charge in [-0.1, -0.05) is 42.6 Å². The molecule has 4 rings (SSSR count). The van der Waals surface area contributed by atoms with Crippen molar-refractivity contribution in [2.24, 2.45) is 0 Å². The molecule has 2 heterocycles. The smallest absolute Gasteiger partial charge is 0.340 e. The fourth-order valence-corrected chi connectivity index (χ4v) is 5.54. The van der Waals surface area contributed by atoms with Gasteiger partial charge in [-0.15, -0.1) is 0 Å². The van der Waals surface area contributed by atoms with Gasteiger partial charge in [0.05, 0.1) is 21.2 Å². The number of esters is 1. The largest absolute Gasteiger partial charge is 0.452 e. The highest BCUT2D eigenvalue weighted by molar-refractivity contribution is 7.89. The Kier molecular flexibility index (Phi) is 7.02. The predicted octanol–water partition coefficient (Wildman–Crippen LogP) is 4.18. The molecule has 0 unspecified atom stereocenters. The predicted molar refractivity (Wildman–Crippen MR) is 126 cm³/mol. The number of amides is 1. The molecule has 3 aromatic rings. The molecule has 0 atom stereocenters. The number of hydrogen-bond acceptors (Lipinski definition) is 5. The normalized spacial score (nSPS) is 15.2. The number of para-hydroxylation sites is 1. The second-order valence-corrected chi connectivity index (χ2v) is 10.2. The minimum atomic E-state index is -3.70. The highest BCUT2D eigenvalue weighted by Crippen LogP contribution is 2.28. The maximum atomic E-state index is 13.0. The molecule has 0 radical (unpaired) electrons. The third-order valence-corrected chi connectivity index (χ3v) is 7.78. The van der Waals surface area contributed by atoms with Gasteiger partial charge in [0.2, 0.25) is 10.0 Å². The van der Waals surface area contributed by atoms with E-state index < -0.39 is 28.5 Å². The van der Waals surface area contributed by atoms with Crippen LogP contribution in [0.2, 0.25) is 5.02 Å². The van der Waals surface area contributed by atoms with Gasteiger partial charge in [0.1, 0.15) is 0 Å². The fourth-order valence-electron chi connectivity index (χ4n) is 3.83. The molecule has 1 aliphatic heterocycles. The molecule has 0 spiro atoms. The van der Waals surface area contributed by atoms with Crippen LogP contribution in [0.4, 0.5) is 5.69 Å². The lowest BCUT2D eigenvalue weighted by Gasteiger charge is -2.20. The van der Waals surface area contributed by atoms with Gasteiger partial charge in [-0.05, 0) is 37.1 Å². The zero-order valence-electron chi connectivity index (χ0n) is 17.8. The highest BCUT2D eigenvalue weighted by atomic mass is 35.5. The molecule has 0 aliphatic carbocycles. The number of H-pyrrole nitrogens is 1. The average Bonchev–Trinajstić information content (AvgIpc) is 3.03. The first-order valence-corrected chi connectivity index (χ1v) is 12.5. The van der Waals surface area contributed by atoms with Crippen molar-refractivity contribution in [2.75, 3.05) is 25.0 Å². The average molecular weight is 490 g/mol. The van der Waals surface area contributed by atoms with Crippen molar-refractivity contribution in [2.45, 2.75) is 30.6 Å². The number of nitrogens with one attached hydrogen (secondary N) is 2. The summed E-state index contributed by atoms with van der Waals surface area (Å²) in [6.07, 6.45) is 5.17. The fraction of sp³-hybridized carbons (Fsp3) is 0.304. The molecule has 1 aromatic heterocycles. The number of benzene rings is 2. The first kappa shape index (κ1) is 23.3. The number of nitrogens with zero attached hydrogens (tertiary/aromatic N) is 1. The Balaban J connectivity index is 1.43. The Bertz CT molecular complexity index is 1280. The molecule has 2 N–H and O–H groups in total. The van der Waals surface area contributed by atoms with E-state index in [9.17, 15) is 18.0 Å². The quantitative estimate of drug-likeness (QED) is 0.505. The Morgan fingerprint density at radius 1 is 1.06 bits per heavy atom. The van der Waals surface area contributed by atoms with Gasteiger partial charge in [-0.25, -0.2) is 13.2 Å². The second-order valence-electron chi connectivity index (χ2n) is 7.83. The number of hydrogen-bond donors (Lipinski definition) is 2. The van der Waals surface area contributed by atoms with E-state index in [1.807, 2.05) is 12.1 Å². The van der Waals surface area contributed by atoms with Crippen molar-refractivity contribution in [1.82, 2.24) is 9.29 Å². The van der Waals surface area contributed by atoms with E-state index in [0.29, 0.717) is 24.0 Å². The zero-order valence-corrected chi connectivity index (χ0v) is 19.4. The first-order valence-electron chi connectivity index (χ1n) is 10.7. The standard InChI is InChI=1S/C23H24ClN3O5S/c24-19-10-9-16(33(30,31)27-11-5-1-2-6-12-27)13-21(19)26-22(28)15-32-23(29)18-14-25-20-8-4-3-7-17(18)20/h3-4,7-10,13-14,25H,1-2,5-6,11-12,15H2,(H,26,28). The van der Waals surface area contributed by atoms with Crippen LogP contribution in [0.3, 0.4) is 0 Å². The second kappa shape index (κ2) is 9.94. The maximum absolute atomic E-state index is 13.0. The molecule has 174 valence electrons. The molecule has 8 nitrogen and oxygen atoms in total. The minimum Gasteiger partial charge on any atom is -0.452 e. The number of halogens is 1. The molecule has 0 bridgehead atoms. The number of ether oxygens (including phenoxy) is 1. The lowest BCUT2D eigenvalue weighted by atomic mass is 10.2. The van der Waals surface area contributed by atoms with E-state index in [-0.39, 0.29) is 15.6 Å². The number of aromatic amines is 1. The topological polar surface area (TPSA) is 109 Å². The Labute approximate surface area is 196 Å². The van der Waals surface area contributed by atoms with Crippen LogP contribution in [-0.2, 0) is 19.6 Å².